The molecule has 2 nitrogen and oxygen atoms in total. The number of methoxy groups -OCH3 is 1. The highest BCUT2D eigenvalue weighted by molar-refractivity contribution is 6.03. The van der Waals surface area contributed by atoms with E-state index in [-0.39, 0.29) is 0 Å². The third kappa shape index (κ3) is 2.37. The van der Waals surface area contributed by atoms with Crippen LogP contribution in [0, 0.1) is 6.92 Å². The number of ether oxygens (including phenoxy) is 1. The third-order valence-corrected chi connectivity index (χ3v) is 4.29. The van der Waals surface area contributed by atoms with Crippen LogP contribution in [0.1, 0.15) is 5.56 Å². The van der Waals surface area contributed by atoms with E-state index < -0.39 is 0 Å². The number of hydrogen-bond acceptors (Lipinski definition) is 2. The van der Waals surface area contributed by atoms with Crippen molar-refractivity contribution >= 4 is 11.0 Å². The van der Waals surface area contributed by atoms with Gasteiger partial charge in [-0.3, -0.25) is 0 Å². The van der Waals surface area contributed by atoms with E-state index in [1.807, 2.05) is 36.4 Å². The number of rotatable bonds is 3. The smallest absolute Gasteiger partial charge is 0.143 e. The van der Waals surface area contributed by atoms with E-state index in [2.05, 4.69) is 43.3 Å². The van der Waals surface area contributed by atoms with Crippen LogP contribution in [-0.4, -0.2) is 7.11 Å². The number of para-hydroxylation sites is 2. The van der Waals surface area contributed by atoms with Gasteiger partial charge in [-0.25, -0.2) is 0 Å². The Morgan fingerprint density at radius 2 is 1.50 bits per heavy atom. The fraction of sp³-hybridized carbons (Fsp3) is 0.0909. The van der Waals surface area contributed by atoms with Crippen molar-refractivity contribution in [3.63, 3.8) is 0 Å². The van der Waals surface area contributed by atoms with Gasteiger partial charge in [0.15, 0.2) is 0 Å². The lowest BCUT2D eigenvalue weighted by atomic mass is 9.97. The second-order valence-corrected chi connectivity index (χ2v) is 5.87. The molecule has 1 aromatic heterocycles. The van der Waals surface area contributed by atoms with Gasteiger partial charge >= 0.3 is 0 Å². The van der Waals surface area contributed by atoms with Gasteiger partial charge in [-0.2, -0.15) is 0 Å². The zero-order valence-corrected chi connectivity index (χ0v) is 13.7. The molecule has 0 amide bonds. The largest absolute Gasteiger partial charge is 0.496 e. The zero-order valence-electron chi connectivity index (χ0n) is 13.7. The van der Waals surface area contributed by atoms with Crippen LogP contribution in [0.15, 0.2) is 77.2 Å². The van der Waals surface area contributed by atoms with Crippen LogP contribution in [0.2, 0.25) is 0 Å². The van der Waals surface area contributed by atoms with Crippen LogP contribution in [0.3, 0.4) is 0 Å². The predicted octanol–water partition coefficient (Wildman–Crippen LogP) is 6.08. The summed E-state index contributed by atoms with van der Waals surface area (Å²) in [6.45, 7) is 2.09. The number of furan rings is 1. The monoisotopic (exact) mass is 314 g/mol. The highest BCUT2D eigenvalue weighted by atomic mass is 16.5. The second kappa shape index (κ2) is 5.89. The topological polar surface area (TPSA) is 22.4 Å². The number of hydrogen-bond donors (Lipinski definition) is 0. The average molecular weight is 314 g/mol. The normalized spacial score (nSPS) is 10.9. The van der Waals surface area contributed by atoms with Crippen molar-refractivity contribution in [2.45, 2.75) is 6.92 Å². The molecular weight excluding hydrogens is 296 g/mol. The minimum absolute atomic E-state index is 0.845. The van der Waals surface area contributed by atoms with Gasteiger partial charge in [0.25, 0.3) is 0 Å². The first-order chi connectivity index (χ1) is 11.8. The van der Waals surface area contributed by atoms with E-state index in [4.69, 9.17) is 9.15 Å². The van der Waals surface area contributed by atoms with Gasteiger partial charge < -0.3 is 9.15 Å². The Morgan fingerprint density at radius 3 is 2.29 bits per heavy atom. The number of aryl methyl sites for hydroxylation is 1. The SMILES string of the molecule is COc1ccccc1-c1c(-c2ccc(C)cc2)oc2ccccc12. The van der Waals surface area contributed by atoms with Crippen LogP contribution >= 0.6 is 0 Å². The minimum atomic E-state index is 0.845. The summed E-state index contributed by atoms with van der Waals surface area (Å²) < 4.78 is 11.8. The fourth-order valence-corrected chi connectivity index (χ4v) is 3.07. The van der Waals surface area contributed by atoms with E-state index >= 15 is 0 Å². The fourth-order valence-electron chi connectivity index (χ4n) is 3.07. The first-order valence-electron chi connectivity index (χ1n) is 8.00. The Bertz CT molecular complexity index is 994. The molecule has 0 unspecified atom stereocenters. The van der Waals surface area contributed by atoms with Crippen LogP contribution in [-0.2, 0) is 0 Å². The molecule has 0 atom stereocenters. The van der Waals surface area contributed by atoms with Crippen molar-refractivity contribution < 1.29 is 9.15 Å². The minimum Gasteiger partial charge on any atom is -0.496 e. The van der Waals surface area contributed by atoms with Crippen LogP contribution in [0.25, 0.3) is 33.4 Å². The van der Waals surface area contributed by atoms with Crippen molar-refractivity contribution in [3.8, 4) is 28.2 Å². The molecule has 0 bridgehead atoms. The molecule has 24 heavy (non-hydrogen) atoms. The maximum Gasteiger partial charge on any atom is 0.143 e. The maximum atomic E-state index is 6.22. The standard InChI is InChI=1S/C22H18O2/c1-15-11-13-16(14-12-15)22-21(17-7-3-5-9-19(17)23-2)18-8-4-6-10-20(18)24-22/h3-14H,1-2H3. The van der Waals surface area contributed by atoms with Crippen molar-refractivity contribution in [1.82, 2.24) is 0 Å². The summed E-state index contributed by atoms with van der Waals surface area (Å²) in [6.07, 6.45) is 0. The molecule has 0 saturated carbocycles. The summed E-state index contributed by atoms with van der Waals surface area (Å²) in [5, 5.41) is 1.09. The first kappa shape index (κ1) is 14.6. The molecule has 4 aromatic rings. The molecule has 3 aromatic carbocycles. The Kier molecular flexibility index (Phi) is 3.58. The van der Waals surface area contributed by atoms with Gasteiger partial charge in [-0.15, -0.1) is 0 Å². The molecule has 1 heterocycles. The van der Waals surface area contributed by atoms with Crippen LogP contribution in [0.5, 0.6) is 5.75 Å². The highest BCUT2D eigenvalue weighted by Crippen LogP contribution is 2.43. The Labute approximate surface area is 141 Å². The van der Waals surface area contributed by atoms with E-state index in [0.717, 1.165) is 39.2 Å². The number of benzene rings is 3. The predicted molar refractivity (Wildman–Crippen MR) is 98.4 cm³/mol. The van der Waals surface area contributed by atoms with Gasteiger partial charge in [0.1, 0.15) is 17.1 Å². The molecule has 0 saturated heterocycles. The summed E-state index contributed by atoms with van der Waals surface area (Å²) in [5.74, 6) is 1.72. The first-order valence-corrected chi connectivity index (χ1v) is 8.00. The van der Waals surface area contributed by atoms with Crippen molar-refractivity contribution in [2.24, 2.45) is 0 Å². The van der Waals surface area contributed by atoms with Gasteiger partial charge in [0.2, 0.25) is 0 Å². The van der Waals surface area contributed by atoms with Gasteiger partial charge in [0, 0.05) is 22.1 Å². The summed E-state index contributed by atoms with van der Waals surface area (Å²) in [5.41, 5.74) is 5.30. The summed E-state index contributed by atoms with van der Waals surface area (Å²) in [6, 6.07) is 24.6. The lowest BCUT2D eigenvalue weighted by Gasteiger charge is -2.09. The summed E-state index contributed by atoms with van der Waals surface area (Å²) in [7, 11) is 1.70. The third-order valence-electron chi connectivity index (χ3n) is 4.29. The van der Waals surface area contributed by atoms with Crippen molar-refractivity contribution in [2.75, 3.05) is 7.11 Å². The Morgan fingerprint density at radius 1 is 0.792 bits per heavy atom. The van der Waals surface area contributed by atoms with Crippen LogP contribution < -0.4 is 4.74 Å². The molecule has 118 valence electrons. The molecule has 2 heteroatoms. The average Bonchev–Trinajstić information content (AvgIpc) is 3.01. The second-order valence-electron chi connectivity index (χ2n) is 5.87. The molecule has 0 fully saturated rings. The molecular formula is C22H18O2. The lowest BCUT2D eigenvalue weighted by Crippen LogP contribution is -1.88. The van der Waals surface area contributed by atoms with E-state index in [1.54, 1.807) is 7.11 Å². The molecule has 0 aliphatic carbocycles. The Balaban J connectivity index is 2.05. The Hall–Kier alpha value is -3.00. The summed E-state index contributed by atoms with van der Waals surface area (Å²) >= 11 is 0. The van der Waals surface area contributed by atoms with Gasteiger partial charge in [0.05, 0.1) is 7.11 Å². The van der Waals surface area contributed by atoms with Crippen molar-refractivity contribution in [1.29, 1.82) is 0 Å². The molecule has 4 rings (SSSR count). The summed E-state index contributed by atoms with van der Waals surface area (Å²) in [4.78, 5) is 0. The van der Waals surface area contributed by atoms with Crippen LogP contribution in [0.4, 0.5) is 0 Å². The zero-order chi connectivity index (χ0) is 16.5. The lowest BCUT2D eigenvalue weighted by molar-refractivity contribution is 0.416. The van der Waals surface area contributed by atoms with E-state index in [1.165, 1.54) is 5.56 Å². The maximum absolute atomic E-state index is 6.22. The quantitative estimate of drug-likeness (QED) is 0.457. The molecule has 0 radical (unpaired) electrons. The van der Waals surface area contributed by atoms with E-state index in [0.29, 0.717) is 0 Å². The van der Waals surface area contributed by atoms with Gasteiger partial charge in [-0.05, 0) is 19.1 Å². The van der Waals surface area contributed by atoms with Gasteiger partial charge in [-0.1, -0.05) is 66.2 Å². The molecule has 0 aliphatic heterocycles. The molecule has 0 aliphatic rings. The van der Waals surface area contributed by atoms with Crippen molar-refractivity contribution in [3.05, 3.63) is 78.4 Å². The highest BCUT2D eigenvalue weighted by Gasteiger charge is 2.19. The van der Waals surface area contributed by atoms with E-state index in [9.17, 15) is 0 Å². The number of fused-ring (bicyclic) bond motifs is 1. The molecule has 0 spiro atoms. The molecule has 0 N–H and O–H groups in total.